The van der Waals surface area contributed by atoms with Gasteiger partial charge in [-0.1, -0.05) is 30.9 Å². The average Bonchev–Trinajstić information content (AvgIpc) is 3.50. The van der Waals surface area contributed by atoms with Gasteiger partial charge in [-0.2, -0.15) is 0 Å². The molecule has 0 unspecified atom stereocenters. The third-order valence-corrected chi connectivity index (χ3v) is 6.96. The maximum Gasteiger partial charge on any atom is 0.275 e. The van der Waals surface area contributed by atoms with Crippen LogP contribution in [0.3, 0.4) is 0 Å². The molecule has 6 nitrogen and oxygen atoms in total. The predicted octanol–water partition coefficient (Wildman–Crippen LogP) is 5.08. The summed E-state index contributed by atoms with van der Waals surface area (Å²) in [6.07, 6.45) is 11.6. The lowest BCUT2D eigenvalue weighted by molar-refractivity contribution is 0.230. The second-order valence-electron chi connectivity index (χ2n) is 7.95. The molecule has 0 aliphatic carbocycles. The van der Waals surface area contributed by atoms with Crippen LogP contribution in [0.15, 0.2) is 66.3 Å². The number of rotatable bonds is 9. The Morgan fingerprint density at radius 1 is 1.21 bits per heavy atom. The van der Waals surface area contributed by atoms with Crippen molar-refractivity contribution < 1.29 is 9.47 Å². The van der Waals surface area contributed by atoms with Gasteiger partial charge in [0.25, 0.3) is 5.56 Å². The van der Waals surface area contributed by atoms with Gasteiger partial charge in [-0.3, -0.25) is 14.3 Å². The van der Waals surface area contributed by atoms with Crippen LogP contribution < -0.4 is 15.0 Å². The van der Waals surface area contributed by atoms with E-state index in [0.717, 1.165) is 30.1 Å². The van der Waals surface area contributed by atoms with Crippen molar-refractivity contribution in [1.82, 2.24) is 14.5 Å². The molecule has 1 aliphatic rings. The molecule has 3 aromatic rings. The summed E-state index contributed by atoms with van der Waals surface area (Å²) in [5, 5.41) is 0. The fourth-order valence-corrected chi connectivity index (χ4v) is 4.89. The molecule has 0 saturated carbocycles. The van der Waals surface area contributed by atoms with Gasteiger partial charge in [0.05, 0.1) is 18.3 Å². The third-order valence-electron chi connectivity index (χ3n) is 5.71. The Morgan fingerprint density at radius 3 is 2.79 bits per heavy atom. The van der Waals surface area contributed by atoms with Gasteiger partial charge in [0, 0.05) is 17.5 Å². The van der Waals surface area contributed by atoms with E-state index in [9.17, 15) is 4.79 Å². The van der Waals surface area contributed by atoms with Gasteiger partial charge >= 0.3 is 0 Å². The maximum absolute atomic E-state index is 13.2. The van der Waals surface area contributed by atoms with E-state index in [2.05, 4.69) is 16.5 Å². The maximum atomic E-state index is 13.2. The van der Waals surface area contributed by atoms with Crippen LogP contribution in [-0.4, -0.2) is 47.8 Å². The van der Waals surface area contributed by atoms with Gasteiger partial charge < -0.3 is 9.47 Å². The van der Waals surface area contributed by atoms with Crippen LogP contribution in [0, 0.1) is 0 Å². The van der Waals surface area contributed by atoms with Gasteiger partial charge in [-0.25, -0.2) is 4.98 Å². The van der Waals surface area contributed by atoms with E-state index in [4.69, 9.17) is 9.47 Å². The number of fused-ring (bicyclic) bond motifs is 1. The number of thiophene rings is 1. The van der Waals surface area contributed by atoms with Gasteiger partial charge in [0.1, 0.15) is 17.6 Å². The van der Waals surface area contributed by atoms with Crippen LogP contribution in [0.2, 0.25) is 0 Å². The second-order valence-corrected chi connectivity index (χ2v) is 9.00. The summed E-state index contributed by atoms with van der Waals surface area (Å²) in [7, 11) is 1.61. The fraction of sp³-hybridized carbons (Fsp3) is 0.308. The number of likely N-dealkylation sites (tertiary alicyclic amines) is 1. The summed E-state index contributed by atoms with van der Waals surface area (Å²) in [5.74, 6) is 1.27. The molecule has 0 spiro atoms. The van der Waals surface area contributed by atoms with E-state index in [-0.39, 0.29) is 5.56 Å². The molecule has 0 N–H and O–H groups in total. The molecular weight excluding hydrogens is 434 g/mol. The first-order valence-corrected chi connectivity index (χ1v) is 11.9. The minimum absolute atomic E-state index is 0.101. The molecule has 7 heteroatoms. The van der Waals surface area contributed by atoms with E-state index in [1.54, 1.807) is 24.1 Å². The highest BCUT2D eigenvalue weighted by Gasteiger charge is 2.14. The summed E-state index contributed by atoms with van der Waals surface area (Å²) >= 11 is 1.45. The lowest BCUT2D eigenvalue weighted by Crippen LogP contribution is -2.25. The van der Waals surface area contributed by atoms with Gasteiger partial charge in [-0.05, 0) is 56.6 Å². The van der Waals surface area contributed by atoms with Gasteiger partial charge in [-0.15, -0.1) is 11.3 Å². The predicted molar refractivity (Wildman–Crippen MR) is 136 cm³/mol. The van der Waals surface area contributed by atoms with E-state index >= 15 is 0 Å². The van der Waals surface area contributed by atoms with Crippen molar-refractivity contribution in [3.8, 4) is 17.2 Å². The molecule has 1 aliphatic heterocycles. The number of methoxy groups -OCH3 is 1. The molecule has 0 bridgehead atoms. The summed E-state index contributed by atoms with van der Waals surface area (Å²) in [4.78, 5) is 21.2. The van der Waals surface area contributed by atoms with Crippen LogP contribution in [0.1, 0.15) is 24.6 Å². The summed E-state index contributed by atoms with van der Waals surface area (Å²) in [6, 6.07) is 7.49. The Labute approximate surface area is 198 Å². The minimum Gasteiger partial charge on any atom is -0.493 e. The van der Waals surface area contributed by atoms with Gasteiger partial charge in [0.2, 0.25) is 0 Å². The van der Waals surface area contributed by atoms with Crippen molar-refractivity contribution >= 4 is 27.1 Å². The Kier molecular flexibility index (Phi) is 7.42. The molecule has 0 atom stereocenters. The minimum atomic E-state index is -0.101. The first-order valence-electron chi connectivity index (χ1n) is 11.1. The number of hydrogen-bond acceptors (Lipinski definition) is 6. The first-order chi connectivity index (χ1) is 16.1. The SMILES string of the molecule is C=C/C=C\C=C(/C)c1cc2ncn(-c3ccc(OCCN4CCCC4)c(OC)c3)c(=O)c2s1. The molecule has 4 rings (SSSR count). The zero-order valence-electron chi connectivity index (χ0n) is 19.1. The zero-order chi connectivity index (χ0) is 23.2. The van der Waals surface area contributed by atoms with Crippen molar-refractivity contribution in [2.24, 2.45) is 0 Å². The molecule has 172 valence electrons. The number of benzene rings is 1. The first kappa shape index (κ1) is 23.0. The van der Waals surface area contributed by atoms with E-state index in [1.165, 1.54) is 24.2 Å². The fourth-order valence-electron chi connectivity index (χ4n) is 3.87. The summed E-state index contributed by atoms with van der Waals surface area (Å²) < 4.78 is 13.7. The zero-order valence-corrected chi connectivity index (χ0v) is 19.9. The molecule has 1 fully saturated rings. The Morgan fingerprint density at radius 2 is 2.03 bits per heavy atom. The lowest BCUT2D eigenvalue weighted by atomic mass is 10.2. The van der Waals surface area contributed by atoms with Crippen LogP contribution in [0.25, 0.3) is 21.5 Å². The largest absolute Gasteiger partial charge is 0.493 e. The number of ether oxygens (including phenoxy) is 2. The van der Waals surface area contributed by atoms with Crippen molar-refractivity contribution in [2.45, 2.75) is 19.8 Å². The Hall–Kier alpha value is -3.16. The standard InChI is InChI=1S/C26H29N3O3S/c1-4-5-6-9-19(2)24-17-21-25(33-24)26(30)29(18-27-21)20-10-11-22(23(16-20)31-3)32-15-14-28-12-7-8-13-28/h4-6,9-11,16-18H,1,7-8,12-15H2,2-3H3/b6-5-,19-9+. The van der Waals surface area contributed by atoms with E-state index in [0.29, 0.717) is 34.0 Å². The molecule has 3 heterocycles. The highest BCUT2D eigenvalue weighted by molar-refractivity contribution is 7.19. The van der Waals surface area contributed by atoms with Gasteiger partial charge in [0.15, 0.2) is 11.5 Å². The topological polar surface area (TPSA) is 56.6 Å². The normalized spacial score (nSPS) is 14.9. The van der Waals surface area contributed by atoms with E-state index in [1.807, 2.05) is 49.4 Å². The molecular formula is C26H29N3O3S. The number of aromatic nitrogens is 2. The highest BCUT2D eigenvalue weighted by Crippen LogP contribution is 2.31. The highest BCUT2D eigenvalue weighted by atomic mass is 32.1. The Balaban J connectivity index is 1.58. The second kappa shape index (κ2) is 10.6. The molecule has 2 aromatic heterocycles. The van der Waals surface area contributed by atoms with Crippen LogP contribution in [0.5, 0.6) is 11.5 Å². The lowest BCUT2D eigenvalue weighted by Gasteiger charge is -2.17. The van der Waals surface area contributed by atoms with Crippen molar-refractivity contribution in [1.29, 1.82) is 0 Å². The number of hydrogen-bond donors (Lipinski definition) is 0. The Bertz CT molecular complexity index is 1250. The van der Waals surface area contributed by atoms with Crippen LogP contribution >= 0.6 is 11.3 Å². The number of allylic oxidation sites excluding steroid dienone is 5. The third kappa shape index (κ3) is 5.26. The average molecular weight is 464 g/mol. The summed E-state index contributed by atoms with van der Waals surface area (Å²) in [5.41, 5.74) is 2.36. The van der Waals surface area contributed by atoms with Crippen LogP contribution in [-0.2, 0) is 0 Å². The molecule has 0 amide bonds. The number of nitrogens with zero attached hydrogens (tertiary/aromatic N) is 3. The summed E-state index contributed by atoms with van der Waals surface area (Å²) in [6.45, 7) is 9.49. The smallest absolute Gasteiger partial charge is 0.275 e. The quantitative estimate of drug-likeness (QED) is 0.415. The van der Waals surface area contributed by atoms with Crippen molar-refractivity contribution in [3.63, 3.8) is 0 Å². The molecule has 33 heavy (non-hydrogen) atoms. The van der Waals surface area contributed by atoms with Crippen molar-refractivity contribution in [3.05, 3.63) is 76.7 Å². The molecule has 1 aromatic carbocycles. The van der Waals surface area contributed by atoms with Crippen molar-refractivity contribution in [2.75, 3.05) is 33.4 Å². The monoisotopic (exact) mass is 463 g/mol. The molecule has 0 radical (unpaired) electrons. The van der Waals surface area contributed by atoms with Crippen LogP contribution in [0.4, 0.5) is 0 Å². The molecule has 1 saturated heterocycles. The van der Waals surface area contributed by atoms with E-state index < -0.39 is 0 Å².